The molecule has 0 atom stereocenters. The van der Waals surface area contributed by atoms with Gasteiger partial charge in [-0.3, -0.25) is 14.6 Å². The number of carbonyl (C=O) groups excluding carboxylic acids is 1. The van der Waals surface area contributed by atoms with Crippen LogP contribution >= 0.6 is 0 Å². The monoisotopic (exact) mass is 262 g/mol. The van der Waals surface area contributed by atoms with E-state index in [9.17, 15) is 4.79 Å². The van der Waals surface area contributed by atoms with Gasteiger partial charge in [-0.15, -0.1) is 0 Å². The van der Waals surface area contributed by atoms with Crippen molar-refractivity contribution in [3.05, 3.63) is 22.6 Å². The Bertz CT molecular complexity index is 624. The lowest BCUT2D eigenvalue weighted by molar-refractivity contribution is 0.101. The molecule has 0 aliphatic heterocycles. The number of carbonyl (C=O) groups is 1. The lowest BCUT2D eigenvalue weighted by Crippen LogP contribution is -2.18. The third-order valence-electron chi connectivity index (χ3n) is 3.20. The number of nitrogens with two attached hydrogens (primary N) is 1. The van der Waals surface area contributed by atoms with Gasteiger partial charge in [-0.05, 0) is 20.3 Å². The van der Waals surface area contributed by atoms with E-state index in [4.69, 9.17) is 5.73 Å². The van der Waals surface area contributed by atoms with Gasteiger partial charge >= 0.3 is 0 Å². The number of aromatic amines is 1. The summed E-state index contributed by atoms with van der Waals surface area (Å²) < 4.78 is 1.50. The first kappa shape index (κ1) is 13.1. The molecule has 2 aromatic heterocycles. The van der Waals surface area contributed by atoms with Crippen LogP contribution in [0.25, 0.3) is 0 Å². The summed E-state index contributed by atoms with van der Waals surface area (Å²) in [4.78, 5) is 12.2. The lowest BCUT2D eigenvalue weighted by atomic mass is 10.2. The molecule has 7 heteroatoms. The highest BCUT2D eigenvalue weighted by atomic mass is 16.2. The van der Waals surface area contributed by atoms with Crippen LogP contribution in [0, 0.1) is 13.8 Å². The van der Waals surface area contributed by atoms with Crippen LogP contribution in [0.5, 0.6) is 0 Å². The number of hydrogen-bond donors (Lipinski definition) is 3. The van der Waals surface area contributed by atoms with E-state index in [0.717, 1.165) is 17.0 Å². The van der Waals surface area contributed by atoms with E-state index in [1.54, 1.807) is 7.05 Å². The summed E-state index contributed by atoms with van der Waals surface area (Å²) in [6.07, 6.45) is 0.688. The van der Waals surface area contributed by atoms with Crippen LogP contribution in [0.15, 0.2) is 0 Å². The highest BCUT2D eigenvalue weighted by molar-refractivity contribution is 6.06. The van der Waals surface area contributed by atoms with Crippen molar-refractivity contribution in [1.29, 1.82) is 0 Å². The third-order valence-corrected chi connectivity index (χ3v) is 3.20. The van der Waals surface area contributed by atoms with Gasteiger partial charge in [0.15, 0.2) is 5.82 Å². The Morgan fingerprint density at radius 2 is 2.16 bits per heavy atom. The van der Waals surface area contributed by atoms with Crippen LogP contribution in [-0.2, 0) is 13.5 Å². The number of nitrogen functional groups attached to an aromatic ring is 1. The molecular formula is C12H18N6O. The number of aromatic nitrogens is 4. The molecule has 19 heavy (non-hydrogen) atoms. The van der Waals surface area contributed by atoms with E-state index in [1.165, 1.54) is 4.68 Å². The summed E-state index contributed by atoms with van der Waals surface area (Å²) in [5, 5.41) is 13.8. The van der Waals surface area contributed by atoms with E-state index >= 15 is 0 Å². The zero-order chi connectivity index (χ0) is 14.2. The van der Waals surface area contributed by atoms with Crippen molar-refractivity contribution in [2.24, 2.45) is 7.05 Å². The van der Waals surface area contributed by atoms with Crippen molar-refractivity contribution in [3.63, 3.8) is 0 Å². The topological polar surface area (TPSA) is 102 Å². The van der Waals surface area contributed by atoms with Crippen LogP contribution in [0.3, 0.4) is 0 Å². The molecule has 0 aliphatic carbocycles. The molecule has 102 valence electrons. The predicted octanol–water partition coefficient (Wildman–Crippen LogP) is 1.16. The Morgan fingerprint density at radius 3 is 2.63 bits per heavy atom. The second-order valence-electron chi connectivity index (χ2n) is 4.46. The van der Waals surface area contributed by atoms with Crippen LogP contribution < -0.4 is 11.1 Å². The summed E-state index contributed by atoms with van der Waals surface area (Å²) >= 11 is 0. The molecule has 0 saturated carbocycles. The molecule has 0 radical (unpaired) electrons. The fraction of sp³-hybridized carbons (Fsp3) is 0.417. The molecule has 0 saturated heterocycles. The molecule has 0 fully saturated rings. The van der Waals surface area contributed by atoms with Gasteiger partial charge in [-0.25, -0.2) is 0 Å². The Hall–Kier alpha value is -2.31. The van der Waals surface area contributed by atoms with Gasteiger partial charge in [0.1, 0.15) is 5.69 Å². The maximum atomic E-state index is 12.2. The number of nitrogens with one attached hydrogen (secondary N) is 2. The van der Waals surface area contributed by atoms with Gasteiger partial charge in [0, 0.05) is 18.3 Å². The van der Waals surface area contributed by atoms with Crippen LogP contribution in [0.4, 0.5) is 11.5 Å². The van der Waals surface area contributed by atoms with E-state index < -0.39 is 0 Å². The Labute approximate surface area is 111 Å². The summed E-state index contributed by atoms with van der Waals surface area (Å²) in [6.45, 7) is 5.73. The second kappa shape index (κ2) is 4.75. The number of amides is 1. The number of anilines is 2. The minimum Gasteiger partial charge on any atom is -0.395 e. The molecule has 2 rings (SSSR count). The van der Waals surface area contributed by atoms with Crippen LogP contribution in [-0.4, -0.2) is 25.9 Å². The van der Waals surface area contributed by atoms with E-state index in [1.807, 2.05) is 20.8 Å². The zero-order valence-electron chi connectivity index (χ0n) is 11.5. The van der Waals surface area contributed by atoms with E-state index in [0.29, 0.717) is 23.6 Å². The van der Waals surface area contributed by atoms with Crippen molar-refractivity contribution in [2.75, 3.05) is 11.1 Å². The molecule has 0 unspecified atom stereocenters. The van der Waals surface area contributed by atoms with Gasteiger partial charge in [0.25, 0.3) is 5.91 Å². The van der Waals surface area contributed by atoms with Gasteiger partial charge in [-0.2, -0.15) is 10.2 Å². The maximum absolute atomic E-state index is 12.2. The molecule has 4 N–H and O–H groups in total. The Kier molecular flexibility index (Phi) is 3.28. The summed E-state index contributed by atoms with van der Waals surface area (Å²) in [6, 6.07) is 0. The van der Waals surface area contributed by atoms with Crippen LogP contribution in [0.2, 0.25) is 0 Å². The summed E-state index contributed by atoms with van der Waals surface area (Å²) in [7, 11) is 1.70. The summed E-state index contributed by atoms with van der Waals surface area (Å²) in [5.74, 6) is 0.211. The third kappa shape index (κ3) is 2.18. The highest BCUT2D eigenvalue weighted by Crippen LogP contribution is 2.20. The number of aryl methyl sites for hydroxylation is 3. The van der Waals surface area contributed by atoms with E-state index in [2.05, 4.69) is 20.6 Å². The number of rotatable bonds is 3. The maximum Gasteiger partial charge on any atom is 0.277 e. The quantitative estimate of drug-likeness (QED) is 0.772. The largest absolute Gasteiger partial charge is 0.395 e. The fourth-order valence-electron chi connectivity index (χ4n) is 1.90. The van der Waals surface area contributed by atoms with Crippen molar-refractivity contribution >= 4 is 17.4 Å². The Morgan fingerprint density at radius 1 is 1.47 bits per heavy atom. The normalized spacial score (nSPS) is 10.7. The standard InChI is InChI=1S/C12H18N6O/c1-5-8-9(13)10(18(4)17-8)12(19)14-11-6(2)7(3)15-16-11/h5,13H2,1-4H3,(H2,14,15,16,19). The molecule has 2 aromatic rings. The first-order chi connectivity index (χ1) is 8.95. The van der Waals surface area contributed by atoms with Crippen molar-refractivity contribution < 1.29 is 4.79 Å². The number of hydrogen-bond acceptors (Lipinski definition) is 4. The van der Waals surface area contributed by atoms with Crippen LogP contribution in [0.1, 0.15) is 34.4 Å². The number of H-pyrrole nitrogens is 1. The van der Waals surface area contributed by atoms with Gasteiger partial charge in [0.05, 0.1) is 11.4 Å². The first-order valence-corrected chi connectivity index (χ1v) is 6.10. The molecule has 0 spiro atoms. The summed E-state index contributed by atoms with van der Waals surface area (Å²) in [5.41, 5.74) is 9.27. The molecule has 7 nitrogen and oxygen atoms in total. The zero-order valence-corrected chi connectivity index (χ0v) is 11.5. The van der Waals surface area contributed by atoms with Gasteiger partial charge < -0.3 is 11.1 Å². The van der Waals surface area contributed by atoms with Gasteiger partial charge in [0.2, 0.25) is 0 Å². The average molecular weight is 262 g/mol. The SMILES string of the molecule is CCc1nn(C)c(C(=O)Nc2n[nH]c(C)c2C)c1N. The fourth-order valence-corrected chi connectivity index (χ4v) is 1.90. The van der Waals surface area contributed by atoms with Crippen molar-refractivity contribution in [2.45, 2.75) is 27.2 Å². The molecule has 0 aromatic carbocycles. The molecule has 1 amide bonds. The van der Waals surface area contributed by atoms with Crippen molar-refractivity contribution in [3.8, 4) is 0 Å². The average Bonchev–Trinajstić information content (AvgIpc) is 2.83. The lowest BCUT2D eigenvalue weighted by Gasteiger charge is -2.04. The smallest absolute Gasteiger partial charge is 0.277 e. The number of nitrogens with zero attached hydrogens (tertiary/aromatic N) is 3. The predicted molar refractivity (Wildman–Crippen MR) is 73.0 cm³/mol. The molecular weight excluding hydrogens is 244 g/mol. The molecule has 0 aliphatic rings. The Balaban J connectivity index is 2.30. The molecule has 0 bridgehead atoms. The first-order valence-electron chi connectivity index (χ1n) is 6.10. The minimum atomic E-state index is -0.304. The van der Waals surface area contributed by atoms with E-state index in [-0.39, 0.29) is 5.91 Å². The van der Waals surface area contributed by atoms with Gasteiger partial charge in [-0.1, -0.05) is 6.92 Å². The molecule has 2 heterocycles. The van der Waals surface area contributed by atoms with Crippen molar-refractivity contribution in [1.82, 2.24) is 20.0 Å². The minimum absolute atomic E-state index is 0.304. The second-order valence-corrected chi connectivity index (χ2v) is 4.46. The highest BCUT2D eigenvalue weighted by Gasteiger charge is 2.20.